The van der Waals surface area contributed by atoms with Crippen molar-refractivity contribution in [3.05, 3.63) is 53.6 Å². The smallest absolute Gasteiger partial charge is 0.309 e. The summed E-state index contributed by atoms with van der Waals surface area (Å²) in [6.45, 7) is 1.96. The van der Waals surface area contributed by atoms with E-state index in [-0.39, 0.29) is 11.4 Å². The third-order valence-corrected chi connectivity index (χ3v) is 5.34. The number of carbonyl (C=O) groups excluding carboxylic acids is 2. The Labute approximate surface area is 175 Å². The summed E-state index contributed by atoms with van der Waals surface area (Å²) in [5.41, 5.74) is 1.55. The molecule has 0 spiro atoms. The predicted octanol–water partition coefficient (Wildman–Crippen LogP) is 0.887. The van der Waals surface area contributed by atoms with Gasteiger partial charge in [-0.05, 0) is 48.7 Å². The molecule has 0 radical (unpaired) electrons. The zero-order chi connectivity index (χ0) is 22.3. The molecular formula is C20H25N3O6S. The number of hydrogen-bond donors (Lipinski definition) is 3. The van der Waals surface area contributed by atoms with Gasteiger partial charge in [0.1, 0.15) is 0 Å². The Kier molecular flexibility index (Phi) is 7.79. The molecule has 0 saturated heterocycles. The monoisotopic (exact) mass is 435 g/mol. The van der Waals surface area contributed by atoms with E-state index in [9.17, 15) is 18.0 Å². The standard InChI is InChI=1S/C20H25N3O6S/c1-13(15-6-9-17(28-2)18(12-15)29-3)23-20(25)19(24)22-11-10-14-4-7-16(8-5-14)30(21,26)27/h4-9,12-13H,10-11H2,1-3H3,(H,22,24)(H,23,25)(H2,21,26,27). The molecule has 0 aromatic heterocycles. The summed E-state index contributed by atoms with van der Waals surface area (Å²) >= 11 is 0. The molecule has 0 aliphatic heterocycles. The SMILES string of the molecule is COc1ccc(C(C)NC(=O)C(=O)NCCc2ccc(S(N)(=O)=O)cc2)cc1OC. The molecule has 0 heterocycles. The molecule has 4 N–H and O–H groups in total. The Balaban J connectivity index is 1.86. The second-order valence-corrected chi connectivity index (χ2v) is 8.07. The highest BCUT2D eigenvalue weighted by Gasteiger charge is 2.18. The lowest BCUT2D eigenvalue weighted by Crippen LogP contribution is -2.41. The molecule has 2 rings (SSSR count). The van der Waals surface area contributed by atoms with Crippen LogP contribution in [0.3, 0.4) is 0 Å². The summed E-state index contributed by atoms with van der Waals surface area (Å²) in [6.07, 6.45) is 0.426. The quantitative estimate of drug-likeness (QED) is 0.527. The number of methoxy groups -OCH3 is 2. The normalized spacial score (nSPS) is 12.0. The number of nitrogens with two attached hydrogens (primary N) is 1. The number of primary sulfonamides is 1. The van der Waals surface area contributed by atoms with Crippen LogP contribution in [0, 0.1) is 0 Å². The van der Waals surface area contributed by atoms with E-state index in [1.165, 1.54) is 26.4 Å². The Morgan fingerprint density at radius 3 is 2.20 bits per heavy atom. The number of benzene rings is 2. The van der Waals surface area contributed by atoms with Crippen molar-refractivity contribution in [1.29, 1.82) is 0 Å². The molecule has 2 aromatic carbocycles. The third kappa shape index (κ3) is 6.19. The van der Waals surface area contributed by atoms with E-state index in [4.69, 9.17) is 14.6 Å². The first-order valence-corrected chi connectivity index (χ1v) is 10.6. The molecule has 0 fully saturated rings. The van der Waals surface area contributed by atoms with Crippen LogP contribution in [0.1, 0.15) is 24.1 Å². The van der Waals surface area contributed by atoms with Crippen molar-refractivity contribution >= 4 is 21.8 Å². The number of ether oxygens (including phenoxy) is 2. The number of sulfonamides is 1. The summed E-state index contributed by atoms with van der Waals surface area (Å²) in [6, 6.07) is 10.8. The van der Waals surface area contributed by atoms with Crippen LogP contribution < -0.4 is 25.2 Å². The second kappa shape index (κ2) is 10.1. The summed E-state index contributed by atoms with van der Waals surface area (Å²) in [5.74, 6) is -0.436. The van der Waals surface area contributed by atoms with Crippen molar-refractivity contribution in [2.24, 2.45) is 5.14 Å². The van der Waals surface area contributed by atoms with Gasteiger partial charge in [0.25, 0.3) is 0 Å². The molecule has 0 bridgehead atoms. The zero-order valence-electron chi connectivity index (χ0n) is 17.0. The molecule has 2 amide bonds. The maximum absolute atomic E-state index is 12.1. The molecule has 0 saturated carbocycles. The van der Waals surface area contributed by atoms with Gasteiger partial charge in [-0.3, -0.25) is 9.59 Å². The first kappa shape index (κ1) is 23.2. The Bertz CT molecular complexity index is 1010. The second-order valence-electron chi connectivity index (χ2n) is 6.50. The summed E-state index contributed by atoms with van der Waals surface area (Å²) in [5, 5.41) is 10.2. The average molecular weight is 436 g/mol. The van der Waals surface area contributed by atoms with Gasteiger partial charge in [0.15, 0.2) is 11.5 Å². The van der Waals surface area contributed by atoms with E-state index in [2.05, 4.69) is 10.6 Å². The lowest BCUT2D eigenvalue weighted by molar-refractivity contribution is -0.139. The number of carbonyl (C=O) groups is 2. The van der Waals surface area contributed by atoms with Crippen molar-refractivity contribution in [2.45, 2.75) is 24.3 Å². The van der Waals surface area contributed by atoms with E-state index in [0.29, 0.717) is 17.9 Å². The van der Waals surface area contributed by atoms with E-state index >= 15 is 0 Å². The van der Waals surface area contributed by atoms with Gasteiger partial charge in [-0.25, -0.2) is 13.6 Å². The van der Waals surface area contributed by atoms with Gasteiger partial charge < -0.3 is 20.1 Å². The molecule has 1 unspecified atom stereocenters. The van der Waals surface area contributed by atoms with Crippen molar-refractivity contribution in [3.63, 3.8) is 0 Å². The Morgan fingerprint density at radius 2 is 1.63 bits per heavy atom. The number of amides is 2. The molecular weight excluding hydrogens is 410 g/mol. The fourth-order valence-electron chi connectivity index (χ4n) is 2.71. The minimum absolute atomic E-state index is 0.0128. The van der Waals surface area contributed by atoms with Crippen LogP contribution in [0.25, 0.3) is 0 Å². The molecule has 2 aromatic rings. The zero-order valence-corrected chi connectivity index (χ0v) is 17.8. The van der Waals surface area contributed by atoms with Crippen LogP contribution in [0.15, 0.2) is 47.4 Å². The molecule has 30 heavy (non-hydrogen) atoms. The van der Waals surface area contributed by atoms with Crippen LogP contribution in [0.2, 0.25) is 0 Å². The summed E-state index contributed by atoms with van der Waals surface area (Å²) in [7, 11) is -0.701. The largest absolute Gasteiger partial charge is 0.493 e. The van der Waals surface area contributed by atoms with Gasteiger partial charge >= 0.3 is 11.8 Å². The van der Waals surface area contributed by atoms with E-state index in [0.717, 1.165) is 11.1 Å². The lowest BCUT2D eigenvalue weighted by Gasteiger charge is -2.16. The highest BCUT2D eigenvalue weighted by atomic mass is 32.2. The molecule has 10 heteroatoms. The highest BCUT2D eigenvalue weighted by Crippen LogP contribution is 2.29. The first-order valence-electron chi connectivity index (χ1n) is 9.08. The fraction of sp³-hybridized carbons (Fsp3) is 0.300. The van der Waals surface area contributed by atoms with Crippen molar-refractivity contribution in [3.8, 4) is 11.5 Å². The molecule has 1 atom stereocenters. The van der Waals surface area contributed by atoms with Gasteiger partial charge in [0.2, 0.25) is 10.0 Å². The van der Waals surface area contributed by atoms with E-state index in [1.807, 2.05) is 0 Å². The number of nitrogens with one attached hydrogen (secondary N) is 2. The van der Waals surface area contributed by atoms with Crippen LogP contribution in [-0.2, 0) is 26.0 Å². The summed E-state index contributed by atoms with van der Waals surface area (Å²) < 4.78 is 32.9. The highest BCUT2D eigenvalue weighted by molar-refractivity contribution is 7.89. The molecule has 162 valence electrons. The molecule has 9 nitrogen and oxygen atoms in total. The van der Waals surface area contributed by atoms with Gasteiger partial charge in [-0.2, -0.15) is 0 Å². The van der Waals surface area contributed by atoms with Crippen molar-refractivity contribution in [1.82, 2.24) is 10.6 Å². The molecule has 0 aliphatic rings. The Morgan fingerprint density at radius 1 is 1.00 bits per heavy atom. The van der Waals surface area contributed by atoms with Crippen molar-refractivity contribution in [2.75, 3.05) is 20.8 Å². The lowest BCUT2D eigenvalue weighted by atomic mass is 10.1. The van der Waals surface area contributed by atoms with Gasteiger partial charge in [0.05, 0.1) is 25.2 Å². The predicted molar refractivity (Wildman–Crippen MR) is 111 cm³/mol. The molecule has 0 aliphatic carbocycles. The first-order chi connectivity index (χ1) is 14.2. The third-order valence-electron chi connectivity index (χ3n) is 4.41. The number of rotatable bonds is 8. The van der Waals surface area contributed by atoms with Crippen molar-refractivity contribution < 1.29 is 27.5 Å². The van der Waals surface area contributed by atoms with Gasteiger partial charge in [-0.1, -0.05) is 18.2 Å². The Hall–Kier alpha value is -3.11. The topological polar surface area (TPSA) is 137 Å². The van der Waals surface area contributed by atoms with Crippen LogP contribution in [-0.4, -0.2) is 41.0 Å². The maximum atomic E-state index is 12.1. The minimum atomic E-state index is -3.75. The van der Waals surface area contributed by atoms with Crippen LogP contribution in [0.5, 0.6) is 11.5 Å². The van der Waals surface area contributed by atoms with Gasteiger partial charge in [0, 0.05) is 6.54 Å². The van der Waals surface area contributed by atoms with Gasteiger partial charge in [-0.15, -0.1) is 0 Å². The average Bonchev–Trinajstić information content (AvgIpc) is 2.72. The van der Waals surface area contributed by atoms with Crippen LogP contribution >= 0.6 is 0 Å². The number of hydrogen-bond acceptors (Lipinski definition) is 6. The van der Waals surface area contributed by atoms with E-state index < -0.39 is 27.9 Å². The summed E-state index contributed by atoms with van der Waals surface area (Å²) in [4.78, 5) is 24.2. The van der Waals surface area contributed by atoms with Crippen LogP contribution in [0.4, 0.5) is 0 Å². The minimum Gasteiger partial charge on any atom is -0.493 e. The van der Waals surface area contributed by atoms with E-state index in [1.54, 1.807) is 37.3 Å². The maximum Gasteiger partial charge on any atom is 0.309 e. The fourth-order valence-corrected chi connectivity index (χ4v) is 3.23.